The summed E-state index contributed by atoms with van der Waals surface area (Å²) < 4.78 is 15.3. The predicted molar refractivity (Wildman–Crippen MR) is 95.4 cm³/mol. The molecule has 1 spiro atoms. The SMILES string of the molecule is C=C[C@]1(C)C[C@H](n2cnc3c(Cl)nccc32)[C@H]2OC3(CCCC3)O[C@H]21. The summed E-state index contributed by atoms with van der Waals surface area (Å²) in [6.45, 7) is 6.32. The van der Waals surface area contributed by atoms with Gasteiger partial charge in [-0.05, 0) is 25.3 Å². The molecule has 0 radical (unpaired) electrons. The van der Waals surface area contributed by atoms with Crippen LogP contribution >= 0.6 is 11.6 Å². The van der Waals surface area contributed by atoms with Crippen LogP contribution in [0.25, 0.3) is 11.0 Å². The third kappa shape index (κ3) is 2.15. The van der Waals surface area contributed by atoms with Gasteiger partial charge in [-0.15, -0.1) is 6.58 Å². The van der Waals surface area contributed by atoms with Gasteiger partial charge in [0.25, 0.3) is 0 Å². The first-order valence-electron chi connectivity index (χ1n) is 9.02. The van der Waals surface area contributed by atoms with Gasteiger partial charge in [-0.3, -0.25) is 0 Å². The summed E-state index contributed by atoms with van der Waals surface area (Å²) in [6, 6.07) is 2.12. The zero-order chi connectivity index (χ0) is 17.2. The minimum Gasteiger partial charge on any atom is -0.343 e. The van der Waals surface area contributed by atoms with E-state index in [9.17, 15) is 0 Å². The normalized spacial score (nSPS) is 36.3. The van der Waals surface area contributed by atoms with Crippen molar-refractivity contribution in [1.82, 2.24) is 14.5 Å². The van der Waals surface area contributed by atoms with Crippen LogP contribution in [-0.2, 0) is 9.47 Å². The topological polar surface area (TPSA) is 49.2 Å². The minimum atomic E-state index is -0.395. The van der Waals surface area contributed by atoms with E-state index in [0.717, 1.165) is 30.3 Å². The van der Waals surface area contributed by atoms with Crippen molar-refractivity contribution >= 4 is 22.6 Å². The number of halogens is 1. The average molecular weight is 360 g/mol. The van der Waals surface area contributed by atoms with Crippen molar-refractivity contribution in [3.8, 4) is 0 Å². The fourth-order valence-corrected chi connectivity index (χ4v) is 5.11. The Labute approximate surface area is 152 Å². The van der Waals surface area contributed by atoms with E-state index >= 15 is 0 Å². The minimum absolute atomic E-state index is 0.00504. The van der Waals surface area contributed by atoms with E-state index in [2.05, 4.69) is 28.0 Å². The van der Waals surface area contributed by atoms with Crippen molar-refractivity contribution in [2.75, 3.05) is 0 Å². The second-order valence-electron chi connectivity index (χ2n) is 7.84. The van der Waals surface area contributed by atoms with Gasteiger partial charge in [0.1, 0.15) is 11.6 Å². The zero-order valence-corrected chi connectivity index (χ0v) is 15.1. The van der Waals surface area contributed by atoms with Crippen LogP contribution in [0.1, 0.15) is 45.1 Å². The van der Waals surface area contributed by atoms with Crippen LogP contribution in [-0.4, -0.2) is 32.5 Å². The summed E-state index contributed by atoms with van der Waals surface area (Å²) >= 11 is 6.21. The van der Waals surface area contributed by atoms with Crippen molar-refractivity contribution in [2.45, 2.75) is 63.1 Å². The Hall–Kier alpha value is -1.43. The number of ether oxygens (including phenoxy) is 2. The third-order valence-corrected chi connectivity index (χ3v) is 6.58. The summed E-state index contributed by atoms with van der Waals surface area (Å²) in [5.74, 6) is -0.395. The molecule has 0 N–H and O–H groups in total. The van der Waals surface area contributed by atoms with Gasteiger partial charge < -0.3 is 14.0 Å². The van der Waals surface area contributed by atoms with Crippen LogP contribution in [0.2, 0.25) is 5.15 Å². The highest BCUT2D eigenvalue weighted by molar-refractivity contribution is 6.33. The van der Waals surface area contributed by atoms with Gasteiger partial charge in [0.2, 0.25) is 0 Å². The van der Waals surface area contributed by atoms with E-state index in [0.29, 0.717) is 5.15 Å². The van der Waals surface area contributed by atoms with E-state index in [1.54, 1.807) is 6.20 Å². The monoisotopic (exact) mass is 359 g/mol. The summed E-state index contributed by atoms with van der Waals surface area (Å²) in [5, 5.41) is 0.438. The maximum Gasteiger partial charge on any atom is 0.169 e. The van der Waals surface area contributed by atoms with Crippen LogP contribution in [0, 0.1) is 5.41 Å². The van der Waals surface area contributed by atoms with Gasteiger partial charge in [0.15, 0.2) is 10.9 Å². The highest BCUT2D eigenvalue weighted by Gasteiger charge is 2.61. The Morgan fingerprint density at radius 2 is 2.12 bits per heavy atom. The Morgan fingerprint density at radius 1 is 1.32 bits per heavy atom. The number of rotatable bonds is 2. The quantitative estimate of drug-likeness (QED) is 0.593. The highest BCUT2D eigenvalue weighted by Crippen LogP contribution is 2.57. The zero-order valence-electron chi connectivity index (χ0n) is 14.3. The van der Waals surface area contributed by atoms with Gasteiger partial charge in [0, 0.05) is 24.5 Å². The molecule has 5 nitrogen and oxygen atoms in total. The maximum atomic E-state index is 6.58. The molecular weight excluding hydrogens is 338 g/mol. The van der Waals surface area contributed by atoms with Crippen LogP contribution < -0.4 is 0 Å². The van der Waals surface area contributed by atoms with E-state index in [4.69, 9.17) is 21.1 Å². The summed E-state index contributed by atoms with van der Waals surface area (Å²) in [5.41, 5.74) is 1.62. The van der Waals surface area contributed by atoms with E-state index < -0.39 is 5.79 Å². The van der Waals surface area contributed by atoms with Crippen molar-refractivity contribution in [3.63, 3.8) is 0 Å². The second kappa shape index (κ2) is 5.29. The lowest BCUT2D eigenvalue weighted by Crippen LogP contribution is -2.33. The number of hydrogen-bond donors (Lipinski definition) is 0. The first-order valence-corrected chi connectivity index (χ1v) is 9.39. The Balaban J connectivity index is 1.59. The number of nitrogens with zero attached hydrogens (tertiary/aromatic N) is 3. The fourth-order valence-electron chi connectivity index (χ4n) is 4.91. The molecule has 3 fully saturated rings. The fraction of sp³-hybridized carbons (Fsp3) is 0.579. The molecule has 0 bridgehead atoms. The lowest BCUT2D eigenvalue weighted by Gasteiger charge is -2.30. The van der Waals surface area contributed by atoms with Crippen LogP contribution in [0.5, 0.6) is 0 Å². The van der Waals surface area contributed by atoms with Crippen molar-refractivity contribution in [3.05, 3.63) is 36.4 Å². The number of imidazole rings is 1. The van der Waals surface area contributed by atoms with E-state index in [-0.39, 0.29) is 23.7 Å². The van der Waals surface area contributed by atoms with E-state index in [1.165, 1.54) is 12.8 Å². The third-order valence-electron chi connectivity index (χ3n) is 6.31. The Bertz CT molecular complexity index is 844. The number of pyridine rings is 1. The van der Waals surface area contributed by atoms with Crippen molar-refractivity contribution in [2.24, 2.45) is 5.41 Å². The molecule has 2 aromatic heterocycles. The van der Waals surface area contributed by atoms with Crippen LogP contribution in [0.15, 0.2) is 31.2 Å². The van der Waals surface area contributed by atoms with Crippen LogP contribution in [0.3, 0.4) is 0 Å². The number of aromatic nitrogens is 3. The summed E-state index contributed by atoms with van der Waals surface area (Å²) in [4.78, 5) is 8.62. The molecule has 1 aliphatic heterocycles. The smallest absolute Gasteiger partial charge is 0.169 e. The molecule has 3 aliphatic rings. The first kappa shape index (κ1) is 15.8. The molecular formula is C19H22ClN3O2. The largest absolute Gasteiger partial charge is 0.343 e. The van der Waals surface area contributed by atoms with E-state index in [1.807, 2.05) is 18.5 Å². The molecule has 0 aromatic carbocycles. The van der Waals surface area contributed by atoms with Gasteiger partial charge in [0.05, 0.1) is 24.0 Å². The lowest BCUT2D eigenvalue weighted by atomic mass is 9.86. The summed E-state index contributed by atoms with van der Waals surface area (Å²) in [7, 11) is 0. The Kier molecular flexibility index (Phi) is 3.34. The molecule has 6 heteroatoms. The van der Waals surface area contributed by atoms with Crippen molar-refractivity contribution < 1.29 is 9.47 Å². The summed E-state index contributed by atoms with van der Waals surface area (Å²) in [6.07, 6.45) is 10.9. The standard InChI is InChI=1S/C19H22ClN3O2/c1-3-18(2)10-13(15-16(18)25-19(24-15)7-4-5-8-19)23-11-22-14-12(23)6-9-21-17(14)20/h3,6,9,11,13,15-16H,1,4-5,7-8,10H2,2H3/t13-,15+,16+,18+/m0/s1. The molecule has 5 rings (SSSR count). The van der Waals surface area contributed by atoms with Gasteiger partial charge in [-0.1, -0.05) is 24.6 Å². The van der Waals surface area contributed by atoms with Gasteiger partial charge in [-0.25, -0.2) is 9.97 Å². The highest BCUT2D eigenvalue weighted by atomic mass is 35.5. The molecule has 2 saturated carbocycles. The molecule has 4 atom stereocenters. The average Bonchev–Trinajstić information content (AvgIpc) is 3.36. The number of fused-ring (bicyclic) bond motifs is 2. The van der Waals surface area contributed by atoms with Crippen molar-refractivity contribution in [1.29, 1.82) is 0 Å². The van der Waals surface area contributed by atoms with Gasteiger partial charge in [-0.2, -0.15) is 0 Å². The molecule has 132 valence electrons. The Morgan fingerprint density at radius 3 is 2.88 bits per heavy atom. The molecule has 2 aliphatic carbocycles. The molecule has 0 unspecified atom stereocenters. The molecule has 2 aromatic rings. The van der Waals surface area contributed by atoms with Gasteiger partial charge >= 0.3 is 0 Å². The lowest BCUT2D eigenvalue weighted by molar-refractivity contribution is -0.185. The maximum absolute atomic E-state index is 6.58. The first-order chi connectivity index (χ1) is 12.1. The molecule has 0 amide bonds. The number of hydrogen-bond acceptors (Lipinski definition) is 4. The predicted octanol–water partition coefficient (Wildman–Crippen LogP) is 4.28. The van der Waals surface area contributed by atoms with Crippen LogP contribution in [0.4, 0.5) is 0 Å². The molecule has 25 heavy (non-hydrogen) atoms. The molecule has 3 heterocycles. The molecule has 1 saturated heterocycles. The second-order valence-corrected chi connectivity index (χ2v) is 8.20.